The van der Waals surface area contributed by atoms with Gasteiger partial charge in [0.15, 0.2) is 0 Å². The Labute approximate surface area is 101 Å². The summed E-state index contributed by atoms with van der Waals surface area (Å²) in [6.45, 7) is 6.06. The number of benzene rings is 1. The molecule has 2 nitrogen and oxygen atoms in total. The molecular formula is C12H17ClFNO. The highest BCUT2D eigenvalue weighted by atomic mass is 35.5. The molecule has 0 amide bonds. The fraction of sp³-hybridized carbons (Fsp3) is 0.500. The molecule has 0 heterocycles. The van der Waals surface area contributed by atoms with Crippen LogP contribution in [-0.2, 0) is 4.74 Å². The van der Waals surface area contributed by atoms with E-state index in [4.69, 9.17) is 16.3 Å². The lowest BCUT2D eigenvalue weighted by atomic mass is 10.1. The molecule has 0 radical (unpaired) electrons. The Bertz CT molecular complexity index is 333. The van der Waals surface area contributed by atoms with Crippen LogP contribution in [0.1, 0.15) is 25.5 Å². The van der Waals surface area contributed by atoms with Crippen LogP contribution in [0.5, 0.6) is 0 Å². The smallest absolute Gasteiger partial charge is 0.142 e. The third-order valence-corrected chi connectivity index (χ3v) is 2.65. The van der Waals surface area contributed by atoms with Crippen LogP contribution in [0.3, 0.4) is 0 Å². The lowest BCUT2D eigenvalue weighted by Gasteiger charge is -2.14. The van der Waals surface area contributed by atoms with Crippen LogP contribution in [0.2, 0.25) is 5.02 Å². The Hall–Kier alpha value is -0.640. The second-order valence-electron chi connectivity index (χ2n) is 3.55. The lowest BCUT2D eigenvalue weighted by Crippen LogP contribution is -2.23. The predicted octanol–water partition coefficient (Wildman–Crippen LogP) is 3.17. The molecule has 16 heavy (non-hydrogen) atoms. The van der Waals surface area contributed by atoms with Crippen LogP contribution in [0, 0.1) is 5.82 Å². The van der Waals surface area contributed by atoms with Gasteiger partial charge in [0.25, 0.3) is 0 Å². The van der Waals surface area contributed by atoms with Gasteiger partial charge in [-0.05, 0) is 31.5 Å². The summed E-state index contributed by atoms with van der Waals surface area (Å²) in [5.74, 6) is -0.377. The van der Waals surface area contributed by atoms with Gasteiger partial charge in [-0.1, -0.05) is 17.7 Å². The summed E-state index contributed by atoms with van der Waals surface area (Å²) in [5.41, 5.74) is 0.887. The summed E-state index contributed by atoms with van der Waals surface area (Å²) in [4.78, 5) is 0. The molecule has 0 aliphatic heterocycles. The number of nitrogens with one attached hydrogen (secondary N) is 1. The monoisotopic (exact) mass is 245 g/mol. The van der Waals surface area contributed by atoms with E-state index in [1.54, 1.807) is 6.07 Å². The summed E-state index contributed by atoms with van der Waals surface area (Å²) < 4.78 is 18.4. The lowest BCUT2D eigenvalue weighted by molar-refractivity contribution is 0.147. The molecule has 1 aromatic rings. The largest absolute Gasteiger partial charge is 0.380 e. The summed E-state index contributed by atoms with van der Waals surface area (Å²) in [6.07, 6.45) is 0. The van der Waals surface area contributed by atoms with Crippen molar-refractivity contribution in [3.8, 4) is 0 Å². The molecular weight excluding hydrogens is 229 g/mol. The van der Waals surface area contributed by atoms with Crippen LogP contribution in [-0.4, -0.2) is 19.8 Å². The normalized spacial score (nSPS) is 12.8. The van der Waals surface area contributed by atoms with Crippen LogP contribution in [0.15, 0.2) is 18.2 Å². The Morgan fingerprint density at radius 3 is 2.88 bits per heavy atom. The van der Waals surface area contributed by atoms with Crippen molar-refractivity contribution in [3.63, 3.8) is 0 Å². The topological polar surface area (TPSA) is 21.3 Å². The van der Waals surface area contributed by atoms with Gasteiger partial charge in [0.1, 0.15) is 5.82 Å². The maximum Gasteiger partial charge on any atom is 0.142 e. The first-order valence-corrected chi connectivity index (χ1v) is 5.79. The van der Waals surface area contributed by atoms with Crippen molar-refractivity contribution in [1.82, 2.24) is 5.32 Å². The molecule has 0 spiro atoms. The van der Waals surface area contributed by atoms with Crippen molar-refractivity contribution in [3.05, 3.63) is 34.6 Å². The van der Waals surface area contributed by atoms with Crippen LogP contribution < -0.4 is 5.32 Å². The maximum atomic E-state index is 13.2. The van der Waals surface area contributed by atoms with Gasteiger partial charge < -0.3 is 10.1 Å². The van der Waals surface area contributed by atoms with Crippen molar-refractivity contribution in [1.29, 1.82) is 0 Å². The van der Waals surface area contributed by atoms with Gasteiger partial charge in [-0.25, -0.2) is 4.39 Å². The van der Waals surface area contributed by atoms with Crippen molar-refractivity contribution in [2.24, 2.45) is 0 Å². The van der Waals surface area contributed by atoms with E-state index in [1.165, 1.54) is 6.07 Å². The molecule has 0 aliphatic rings. The van der Waals surface area contributed by atoms with E-state index in [0.29, 0.717) is 13.2 Å². The Kier molecular flexibility index (Phi) is 5.74. The molecule has 0 fully saturated rings. The SMILES string of the molecule is CCOCCNC(C)c1ccc(Cl)c(F)c1. The van der Waals surface area contributed by atoms with Gasteiger partial charge >= 0.3 is 0 Å². The summed E-state index contributed by atoms with van der Waals surface area (Å²) in [7, 11) is 0. The maximum absolute atomic E-state index is 13.2. The van der Waals surface area contributed by atoms with Gasteiger partial charge in [-0.2, -0.15) is 0 Å². The van der Waals surface area contributed by atoms with Crippen molar-refractivity contribution >= 4 is 11.6 Å². The van der Waals surface area contributed by atoms with Gasteiger partial charge in [0.2, 0.25) is 0 Å². The molecule has 1 unspecified atom stereocenters. The van der Waals surface area contributed by atoms with Crippen LogP contribution in [0.25, 0.3) is 0 Å². The minimum Gasteiger partial charge on any atom is -0.380 e. The number of hydrogen-bond acceptors (Lipinski definition) is 2. The number of hydrogen-bond donors (Lipinski definition) is 1. The second-order valence-corrected chi connectivity index (χ2v) is 3.95. The third-order valence-electron chi connectivity index (χ3n) is 2.34. The number of halogens is 2. The van der Waals surface area contributed by atoms with Gasteiger partial charge in [0, 0.05) is 19.2 Å². The van der Waals surface area contributed by atoms with E-state index >= 15 is 0 Å². The Balaban J connectivity index is 2.46. The van der Waals surface area contributed by atoms with E-state index in [2.05, 4.69) is 5.32 Å². The fourth-order valence-electron chi connectivity index (χ4n) is 1.39. The molecule has 0 aromatic heterocycles. The van der Waals surface area contributed by atoms with Crippen molar-refractivity contribution in [2.45, 2.75) is 19.9 Å². The highest BCUT2D eigenvalue weighted by Gasteiger charge is 2.07. The first-order valence-electron chi connectivity index (χ1n) is 5.41. The van der Waals surface area contributed by atoms with E-state index in [0.717, 1.165) is 12.1 Å². The molecule has 1 aromatic carbocycles. The molecule has 0 aliphatic carbocycles. The van der Waals surface area contributed by atoms with Gasteiger partial charge in [-0.3, -0.25) is 0 Å². The molecule has 1 atom stereocenters. The van der Waals surface area contributed by atoms with Gasteiger partial charge in [-0.15, -0.1) is 0 Å². The summed E-state index contributed by atoms with van der Waals surface area (Å²) in [6, 6.07) is 4.95. The summed E-state index contributed by atoms with van der Waals surface area (Å²) in [5, 5.41) is 3.40. The molecule has 1 rings (SSSR count). The Morgan fingerprint density at radius 1 is 1.50 bits per heavy atom. The molecule has 1 N–H and O–H groups in total. The zero-order valence-corrected chi connectivity index (χ0v) is 10.4. The molecule has 0 bridgehead atoms. The average Bonchev–Trinajstić information content (AvgIpc) is 2.28. The standard InChI is InChI=1S/C12H17ClFNO/c1-3-16-7-6-15-9(2)10-4-5-11(13)12(14)8-10/h4-5,8-9,15H,3,6-7H2,1-2H3. The average molecular weight is 246 g/mol. The molecule has 90 valence electrons. The predicted molar refractivity (Wildman–Crippen MR) is 64.3 cm³/mol. The molecule has 0 saturated heterocycles. The minimum absolute atomic E-state index is 0.0900. The Morgan fingerprint density at radius 2 is 2.25 bits per heavy atom. The third kappa shape index (κ3) is 4.08. The number of rotatable bonds is 6. The fourth-order valence-corrected chi connectivity index (χ4v) is 1.51. The van der Waals surface area contributed by atoms with Gasteiger partial charge in [0.05, 0.1) is 11.6 Å². The minimum atomic E-state index is -0.377. The zero-order valence-electron chi connectivity index (χ0n) is 9.59. The van der Waals surface area contributed by atoms with E-state index in [1.807, 2.05) is 19.9 Å². The zero-order chi connectivity index (χ0) is 12.0. The van der Waals surface area contributed by atoms with E-state index in [-0.39, 0.29) is 16.9 Å². The van der Waals surface area contributed by atoms with Crippen molar-refractivity contribution in [2.75, 3.05) is 19.8 Å². The first kappa shape index (κ1) is 13.4. The summed E-state index contributed by atoms with van der Waals surface area (Å²) >= 11 is 5.62. The van der Waals surface area contributed by atoms with E-state index < -0.39 is 0 Å². The van der Waals surface area contributed by atoms with Crippen molar-refractivity contribution < 1.29 is 9.13 Å². The van der Waals surface area contributed by atoms with Crippen LogP contribution in [0.4, 0.5) is 4.39 Å². The first-order chi connectivity index (χ1) is 7.65. The number of ether oxygens (including phenoxy) is 1. The molecule has 4 heteroatoms. The second kappa shape index (κ2) is 6.84. The van der Waals surface area contributed by atoms with E-state index in [9.17, 15) is 4.39 Å². The quantitative estimate of drug-likeness (QED) is 0.778. The van der Waals surface area contributed by atoms with Crippen LogP contribution >= 0.6 is 11.6 Å². The highest BCUT2D eigenvalue weighted by Crippen LogP contribution is 2.19. The highest BCUT2D eigenvalue weighted by molar-refractivity contribution is 6.30. The molecule has 0 saturated carbocycles.